The van der Waals surface area contributed by atoms with Gasteiger partial charge in [0.1, 0.15) is 22.8 Å². The highest BCUT2D eigenvalue weighted by atomic mass is 32.2. The number of nitrogens with zero attached hydrogens (tertiary/aromatic N) is 2. The maximum absolute atomic E-state index is 13.9. The summed E-state index contributed by atoms with van der Waals surface area (Å²) in [4.78, 5) is 29.1. The summed E-state index contributed by atoms with van der Waals surface area (Å²) < 4.78 is 52.2. The Hall–Kier alpha value is -2.40. The molecule has 2 amide bonds. The molecule has 0 aromatic heterocycles. The van der Waals surface area contributed by atoms with Crippen molar-refractivity contribution in [1.29, 1.82) is 0 Å². The number of fused-ring (bicyclic) bond motifs is 1. The lowest BCUT2D eigenvalue weighted by Crippen LogP contribution is -2.54. The minimum absolute atomic E-state index is 0.0813. The molecule has 2 saturated heterocycles. The number of hydrogen-bond acceptors (Lipinski definition) is 6. The van der Waals surface area contributed by atoms with Gasteiger partial charge in [-0.2, -0.15) is 0 Å². The van der Waals surface area contributed by atoms with Gasteiger partial charge >= 0.3 is 6.09 Å². The molecule has 3 heterocycles. The lowest BCUT2D eigenvalue weighted by molar-refractivity contribution is -0.141. The predicted molar refractivity (Wildman–Crippen MR) is 131 cm³/mol. The van der Waals surface area contributed by atoms with Crippen LogP contribution in [-0.2, 0) is 19.6 Å². The number of ether oxygens (including phenoxy) is 2. The van der Waals surface area contributed by atoms with Gasteiger partial charge in [0.25, 0.3) is 0 Å². The van der Waals surface area contributed by atoms with E-state index in [4.69, 9.17) is 9.47 Å². The first-order chi connectivity index (χ1) is 16.7. The highest BCUT2D eigenvalue weighted by Crippen LogP contribution is 2.45. The largest absolute Gasteiger partial charge is 0.487 e. The molecule has 11 heteroatoms. The molecular weight excluding hydrogens is 489 g/mol. The number of carbonyl (C=O) groups is 2. The first kappa shape index (κ1) is 26.7. The fraction of sp³-hybridized carbons (Fsp3) is 0.680. The molecule has 2 fully saturated rings. The van der Waals surface area contributed by atoms with Gasteiger partial charge in [0.05, 0.1) is 12.3 Å². The average Bonchev–Trinajstić information content (AvgIpc) is 2.78. The molecule has 200 valence electrons. The number of sulfonamides is 1. The molecule has 9 nitrogen and oxygen atoms in total. The van der Waals surface area contributed by atoms with E-state index in [9.17, 15) is 22.4 Å². The van der Waals surface area contributed by atoms with Gasteiger partial charge in [-0.05, 0) is 51.8 Å². The highest BCUT2D eigenvalue weighted by molar-refractivity contribution is 7.88. The van der Waals surface area contributed by atoms with Gasteiger partial charge in [-0.25, -0.2) is 22.3 Å². The summed E-state index contributed by atoms with van der Waals surface area (Å²) in [6.45, 7) is 7.45. The smallest absolute Gasteiger partial charge is 0.410 e. The summed E-state index contributed by atoms with van der Waals surface area (Å²) >= 11 is 0. The standard InChI is InChI=1S/C25H36FN3O6S/c1-24(2,3)35-23(31)29-11-7-17(8-12-29)22(30)28-13-9-25(10-14-28)16-20(27-36(4,32)33)19-15-18(26)5-6-21(19)34-25/h5-6,15,17,20,27H,7-14,16H2,1-4H3. The van der Waals surface area contributed by atoms with E-state index in [2.05, 4.69) is 4.72 Å². The molecular formula is C25H36FN3O6S. The number of amides is 2. The Labute approximate surface area is 212 Å². The Balaban J connectivity index is 1.36. The van der Waals surface area contributed by atoms with E-state index < -0.39 is 33.1 Å². The molecule has 0 saturated carbocycles. The van der Waals surface area contributed by atoms with Crippen LogP contribution < -0.4 is 9.46 Å². The third-order valence-electron chi connectivity index (χ3n) is 7.09. The van der Waals surface area contributed by atoms with Crippen molar-refractivity contribution in [3.05, 3.63) is 29.6 Å². The second-order valence-electron chi connectivity index (χ2n) is 11.2. The van der Waals surface area contributed by atoms with Crippen LogP contribution in [0.25, 0.3) is 0 Å². The maximum Gasteiger partial charge on any atom is 0.410 e. The van der Waals surface area contributed by atoms with Crippen molar-refractivity contribution in [2.24, 2.45) is 5.92 Å². The third kappa shape index (κ3) is 6.29. The molecule has 1 spiro atoms. The van der Waals surface area contributed by atoms with Gasteiger partial charge in [0, 0.05) is 56.9 Å². The van der Waals surface area contributed by atoms with Crippen LogP contribution >= 0.6 is 0 Å². The molecule has 3 aliphatic heterocycles. The number of rotatable bonds is 3. The molecule has 1 unspecified atom stereocenters. The summed E-state index contributed by atoms with van der Waals surface area (Å²) in [7, 11) is -3.52. The second-order valence-corrected chi connectivity index (χ2v) is 13.0. The molecule has 3 aliphatic rings. The number of carbonyl (C=O) groups excluding carboxylic acids is 2. The highest BCUT2D eigenvalue weighted by Gasteiger charge is 2.45. The first-order valence-corrected chi connectivity index (χ1v) is 14.4. The molecule has 1 N–H and O–H groups in total. The van der Waals surface area contributed by atoms with Gasteiger partial charge < -0.3 is 19.3 Å². The van der Waals surface area contributed by atoms with E-state index in [1.54, 1.807) is 11.0 Å². The molecule has 0 aliphatic carbocycles. The zero-order valence-electron chi connectivity index (χ0n) is 21.4. The Morgan fingerprint density at radius 2 is 1.75 bits per heavy atom. The maximum atomic E-state index is 13.9. The summed E-state index contributed by atoms with van der Waals surface area (Å²) in [5.74, 6) is -0.0454. The Morgan fingerprint density at radius 3 is 2.33 bits per heavy atom. The van der Waals surface area contributed by atoms with Gasteiger partial charge in [-0.3, -0.25) is 4.79 Å². The fourth-order valence-electron chi connectivity index (χ4n) is 5.34. The molecule has 1 aromatic rings. The Bertz CT molecular complexity index is 1100. The molecule has 0 bridgehead atoms. The third-order valence-corrected chi connectivity index (χ3v) is 7.80. The van der Waals surface area contributed by atoms with Crippen LogP contribution in [0.5, 0.6) is 5.75 Å². The molecule has 0 radical (unpaired) electrons. The molecule has 1 atom stereocenters. The van der Waals surface area contributed by atoms with Gasteiger partial charge in [0.15, 0.2) is 0 Å². The minimum atomic E-state index is -3.52. The van der Waals surface area contributed by atoms with Crippen molar-refractivity contribution in [1.82, 2.24) is 14.5 Å². The quantitative estimate of drug-likeness (QED) is 0.650. The summed E-state index contributed by atoms with van der Waals surface area (Å²) in [5, 5.41) is 0. The molecule has 1 aromatic carbocycles. The topological polar surface area (TPSA) is 105 Å². The van der Waals surface area contributed by atoms with Gasteiger partial charge in [-0.1, -0.05) is 0 Å². The lowest BCUT2D eigenvalue weighted by atomic mass is 9.80. The normalized spacial score (nSPS) is 22.6. The van der Waals surface area contributed by atoms with Crippen LogP contribution in [0.3, 0.4) is 0 Å². The van der Waals surface area contributed by atoms with Crippen molar-refractivity contribution >= 4 is 22.0 Å². The van der Waals surface area contributed by atoms with Crippen LogP contribution in [0, 0.1) is 11.7 Å². The van der Waals surface area contributed by atoms with E-state index >= 15 is 0 Å². The number of halogens is 1. The summed E-state index contributed by atoms with van der Waals surface area (Å²) in [6.07, 6.45) is 3.39. The fourth-order valence-corrected chi connectivity index (χ4v) is 6.07. The monoisotopic (exact) mass is 525 g/mol. The van der Waals surface area contributed by atoms with Crippen LogP contribution in [0.4, 0.5) is 9.18 Å². The lowest BCUT2D eigenvalue weighted by Gasteiger charge is -2.47. The average molecular weight is 526 g/mol. The Morgan fingerprint density at radius 1 is 1.11 bits per heavy atom. The van der Waals surface area contributed by atoms with Crippen molar-refractivity contribution in [3.63, 3.8) is 0 Å². The van der Waals surface area contributed by atoms with Crippen molar-refractivity contribution < 1.29 is 31.9 Å². The molecule has 4 rings (SSSR count). The number of piperidine rings is 2. The Kier molecular flexibility index (Phi) is 7.27. The van der Waals surface area contributed by atoms with Crippen LogP contribution in [0.15, 0.2) is 18.2 Å². The van der Waals surface area contributed by atoms with E-state index in [-0.39, 0.29) is 17.9 Å². The van der Waals surface area contributed by atoms with Gasteiger partial charge in [-0.15, -0.1) is 0 Å². The minimum Gasteiger partial charge on any atom is -0.487 e. The SMILES string of the molecule is CC(C)(C)OC(=O)N1CCC(C(=O)N2CCC3(CC2)CC(NS(C)(=O)=O)c2cc(F)ccc2O3)CC1. The predicted octanol–water partition coefficient (Wildman–Crippen LogP) is 3.21. The number of hydrogen-bond donors (Lipinski definition) is 1. The van der Waals surface area contributed by atoms with Crippen LogP contribution in [-0.4, -0.2) is 73.9 Å². The van der Waals surface area contributed by atoms with Crippen molar-refractivity contribution in [2.75, 3.05) is 32.4 Å². The van der Waals surface area contributed by atoms with Crippen molar-refractivity contribution in [3.8, 4) is 5.75 Å². The van der Waals surface area contributed by atoms with Gasteiger partial charge in [0.2, 0.25) is 15.9 Å². The van der Waals surface area contributed by atoms with Crippen molar-refractivity contribution in [2.45, 2.75) is 70.1 Å². The number of likely N-dealkylation sites (tertiary alicyclic amines) is 2. The number of benzene rings is 1. The zero-order chi connectivity index (χ0) is 26.3. The van der Waals surface area contributed by atoms with E-state index in [1.807, 2.05) is 25.7 Å². The first-order valence-electron chi connectivity index (χ1n) is 12.5. The number of nitrogens with one attached hydrogen (secondary N) is 1. The summed E-state index contributed by atoms with van der Waals surface area (Å²) in [5.41, 5.74) is -0.704. The van der Waals surface area contributed by atoms with E-state index in [0.29, 0.717) is 69.6 Å². The van der Waals surface area contributed by atoms with E-state index in [0.717, 1.165) is 6.26 Å². The summed E-state index contributed by atoms with van der Waals surface area (Å²) in [6, 6.07) is 3.56. The molecule has 36 heavy (non-hydrogen) atoms. The second kappa shape index (κ2) is 9.81. The van der Waals surface area contributed by atoms with E-state index in [1.165, 1.54) is 12.1 Å². The van der Waals surface area contributed by atoms with Crippen LogP contribution in [0.2, 0.25) is 0 Å². The van der Waals surface area contributed by atoms with Crippen LogP contribution in [0.1, 0.15) is 64.5 Å². The zero-order valence-corrected chi connectivity index (χ0v) is 22.2.